The van der Waals surface area contributed by atoms with Crippen LogP contribution < -0.4 is 5.32 Å². The first-order valence-corrected chi connectivity index (χ1v) is 4.54. The molecule has 0 bridgehead atoms. The van der Waals surface area contributed by atoms with E-state index in [1.54, 1.807) is 13.0 Å². The highest BCUT2D eigenvalue weighted by molar-refractivity contribution is 5.76. The van der Waals surface area contributed by atoms with Gasteiger partial charge in [0.25, 0.3) is 0 Å². The molecule has 4 heteroatoms. The average molecular weight is 201 g/mol. The fraction of sp³-hybridized carbons (Fsp3) is 0.364. The number of rotatable bonds is 1. The molecule has 0 fully saturated rings. The Morgan fingerprint density at radius 2 is 2.27 bits per heavy atom. The largest absolute Gasteiger partial charge is 0.317 e. The Kier molecular flexibility index (Phi) is 2.92. The molecule has 0 saturated carbocycles. The third-order valence-electron chi connectivity index (χ3n) is 2.33. The first-order valence-electron chi connectivity index (χ1n) is 4.54. The van der Waals surface area contributed by atoms with Gasteiger partial charge in [-0.25, -0.2) is 0 Å². The zero-order valence-corrected chi connectivity index (χ0v) is 8.66. The third-order valence-corrected chi connectivity index (χ3v) is 2.33. The van der Waals surface area contributed by atoms with Crippen molar-refractivity contribution in [1.29, 1.82) is 10.5 Å². The Balaban J connectivity index is 3.17. The highest BCUT2D eigenvalue weighted by Crippen LogP contribution is 2.38. The molecule has 76 valence electrons. The monoisotopic (exact) mass is 201 g/mol. The molecule has 0 aliphatic heterocycles. The Morgan fingerprint density at radius 1 is 1.60 bits per heavy atom. The van der Waals surface area contributed by atoms with Crippen molar-refractivity contribution >= 4 is 5.91 Å². The smallest absolute Gasteiger partial charge is 0.221 e. The quantitative estimate of drug-likeness (QED) is 0.651. The van der Waals surface area contributed by atoms with Crippen LogP contribution in [0.25, 0.3) is 0 Å². The maximum absolute atomic E-state index is 10.9. The van der Waals surface area contributed by atoms with E-state index in [4.69, 9.17) is 10.5 Å². The number of nitriles is 2. The van der Waals surface area contributed by atoms with Crippen molar-refractivity contribution in [2.45, 2.75) is 20.3 Å². The predicted molar refractivity (Wildman–Crippen MR) is 53.9 cm³/mol. The standard InChI is InChI=1S/C11H11N3O/c1-8(15)14-10(6-12)9-4-3-5-11(9,2)7-13/h3-4H,5H2,1-2H3,(H,14,15)/b10-9-. The second-order valence-corrected chi connectivity index (χ2v) is 3.63. The molecule has 0 aromatic rings. The van der Waals surface area contributed by atoms with Crippen LogP contribution in [-0.4, -0.2) is 5.91 Å². The lowest BCUT2D eigenvalue weighted by Gasteiger charge is -2.17. The molecule has 4 nitrogen and oxygen atoms in total. The molecule has 0 saturated heterocycles. The van der Waals surface area contributed by atoms with Gasteiger partial charge < -0.3 is 5.32 Å². The van der Waals surface area contributed by atoms with Gasteiger partial charge in [-0.15, -0.1) is 0 Å². The molecule has 1 rings (SSSR count). The summed E-state index contributed by atoms with van der Waals surface area (Å²) < 4.78 is 0. The van der Waals surface area contributed by atoms with E-state index in [0.29, 0.717) is 12.0 Å². The van der Waals surface area contributed by atoms with Gasteiger partial charge in [-0.1, -0.05) is 12.2 Å². The molecule has 0 aromatic carbocycles. The van der Waals surface area contributed by atoms with Crippen LogP contribution in [0.1, 0.15) is 20.3 Å². The summed E-state index contributed by atoms with van der Waals surface area (Å²) in [6.45, 7) is 3.09. The number of hydrogen-bond acceptors (Lipinski definition) is 3. The third kappa shape index (κ3) is 2.05. The molecule has 0 heterocycles. The molecule has 1 atom stereocenters. The van der Waals surface area contributed by atoms with Gasteiger partial charge in [0.15, 0.2) is 0 Å². The van der Waals surface area contributed by atoms with Crippen molar-refractivity contribution < 1.29 is 4.79 Å². The molecule has 0 aromatic heterocycles. The Labute approximate surface area is 88.5 Å². The molecule has 1 aliphatic carbocycles. The summed E-state index contributed by atoms with van der Waals surface area (Å²) >= 11 is 0. The summed E-state index contributed by atoms with van der Waals surface area (Å²) in [7, 11) is 0. The number of nitrogens with zero attached hydrogens (tertiary/aromatic N) is 2. The predicted octanol–water partition coefficient (Wildman–Crippen LogP) is 1.39. The lowest BCUT2D eigenvalue weighted by atomic mass is 9.84. The van der Waals surface area contributed by atoms with Gasteiger partial charge in [-0.05, 0) is 13.3 Å². The van der Waals surface area contributed by atoms with E-state index in [1.807, 2.05) is 12.1 Å². The van der Waals surface area contributed by atoms with Crippen LogP contribution >= 0.6 is 0 Å². The molecule has 0 spiro atoms. The Bertz CT molecular complexity index is 434. The average Bonchev–Trinajstić information content (AvgIpc) is 2.57. The second-order valence-electron chi connectivity index (χ2n) is 3.63. The number of nitrogens with one attached hydrogen (secondary N) is 1. The topological polar surface area (TPSA) is 76.7 Å². The zero-order valence-electron chi connectivity index (χ0n) is 8.66. The molecule has 15 heavy (non-hydrogen) atoms. The van der Waals surface area contributed by atoms with Crippen molar-refractivity contribution in [3.05, 3.63) is 23.4 Å². The van der Waals surface area contributed by atoms with E-state index < -0.39 is 5.41 Å². The minimum Gasteiger partial charge on any atom is -0.317 e. The van der Waals surface area contributed by atoms with E-state index in [-0.39, 0.29) is 11.6 Å². The molecule has 1 aliphatic rings. The van der Waals surface area contributed by atoms with E-state index >= 15 is 0 Å². The van der Waals surface area contributed by atoms with Gasteiger partial charge in [0, 0.05) is 12.5 Å². The van der Waals surface area contributed by atoms with Crippen LogP contribution in [0.2, 0.25) is 0 Å². The van der Waals surface area contributed by atoms with Gasteiger partial charge in [-0.3, -0.25) is 4.79 Å². The summed E-state index contributed by atoms with van der Waals surface area (Å²) in [6.07, 6.45) is 4.12. The van der Waals surface area contributed by atoms with Crippen LogP contribution in [0.4, 0.5) is 0 Å². The fourth-order valence-electron chi connectivity index (χ4n) is 1.50. The van der Waals surface area contributed by atoms with Crippen molar-refractivity contribution in [2.24, 2.45) is 5.41 Å². The van der Waals surface area contributed by atoms with Gasteiger partial charge in [0.05, 0.1) is 11.5 Å². The molecule has 0 radical (unpaired) electrons. The molecule has 1 amide bonds. The van der Waals surface area contributed by atoms with Gasteiger partial charge in [0.1, 0.15) is 11.8 Å². The van der Waals surface area contributed by atoms with E-state index in [1.165, 1.54) is 6.92 Å². The lowest BCUT2D eigenvalue weighted by molar-refractivity contribution is -0.118. The summed E-state index contributed by atoms with van der Waals surface area (Å²) in [5.41, 5.74) is 0.0519. The maximum atomic E-state index is 10.9. The normalized spacial score (nSPS) is 26.7. The number of carbonyl (C=O) groups excluding carboxylic acids is 1. The lowest BCUT2D eigenvalue weighted by Crippen LogP contribution is -2.23. The Hall–Kier alpha value is -2.07. The zero-order chi connectivity index (χ0) is 11.5. The fourth-order valence-corrected chi connectivity index (χ4v) is 1.50. The van der Waals surface area contributed by atoms with Crippen molar-refractivity contribution in [3.63, 3.8) is 0 Å². The van der Waals surface area contributed by atoms with E-state index in [0.717, 1.165) is 0 Å². The van der Waals surface area contributed by atoms with Crippen LogP contribution in [0, 0.1) is 28.1 Å². The summed E-state index contributed by atoms with van der Waals surface area (Å²) in [6, 6.07) is 4.07. The first-order chi connectivity index (χ1) is 7.03. The summed E-state index contributed by atoms with van der Waals surface area (Å²) in [4.78, 5) is 10.9. The summed E-state index contributed by atoms with van der Waals surface area (Å²) in [5.74, 6) is -0.306. The van der Waals surface area contributed by atoms with E-state index in [9.17, 15) is 4.79 Å². The number of amides is 1. The minimum absolute atomic E-state index is 0.167. The molecule has 1 N–H and O–H groups in total. The second kappa shape index (κ2) is 3.98. The minimum atomic E-state index is -0.701. The van der Waals surface area contributed by atoms with Crippen molar-refractivity contribution in [3.8, 4) is 12.1 Å². The highest BCUT2D eigenvalue weighted by atomic mass is 16.1. The maximum Gasteiger partial charge on any atom is 0.221 e. The van der Waals surface area contributed by atoms with Crippen LogP contribution in [0.15, 0.2) is 23.4 Å². The molecular weight excluding hydrogens is 190 g/mol. The SMILES string of the molecule is CC(=O)N/C(C#N)=C1/C=CCC1(C)C#N. The van der Waals surface area contributed by atoms with Gasteiger partial charge in [-0.2, -0.15) is 10.5 Å². The highest BCUT2D eigenvalue weighted by Gasteiger charge is 2.33. The number of hydrogen-bond donors (Lipinski definition) is 1. The molecular formula is C11H11N3O. The van der Waals surface area contributed by atoms with Crippen LogP contribution in [0.3, 0.4) is 0 Å². The van der Waals surface area contributed by atoms with Crippen molar-refractivity contribution in [1.82, 2.24) is 5.32 Å². The van der Waals surface area contributed by atoms with Crippen molar-refractivity contribution in [2.75, 3.05) is 0 Å². The van der Waals surface area contributed by atoms with Crippen LogP contribution in [0.5, 0.6) is 0 Å². The van der Waals surface area contributed by atoms with Gasteiger partial charge in [0.2, 0.25) is 5.91 Å². The Morgan fingerprint density at radius 3 is 2.73 bits per heavy atom. The van der Waals surface area contributed by atoms with Gasteiger partial charge >= 0.3 is 0 Å². The number of carbonyl (C=O) groups is 1. The van der Waals surface area contributed by atoms with E-state index in [2.05, 4.69) is 11.4 Å². The summed E-state index contributed by atoms with van der Waals surface area (Å²) in [5, 5.41) is 20.4. The first kappa shape index (κ1) is 11.0. The molecule has 1 unspecified atom stereocenters. The van der Waals surface area contributed by atoms with Crippen LogP contribution in [-0.2, 0) is 4.79 Å². The number of allylic oxidation sites excluding steroid dienone is 4.